The van der Waals surface area contributed by atoms with Gasteiger partial charge >= 0.3 is 18.2 Å². The maximum Gasteiger partial charge on any atom is 0.411 e. The van der Waals surface area contributed by atoms with Crippen molar-refractivity contribution < 1.29 is 59.8 Å². The van der Waals surface area contributed by atoms with Gasteiger partial charge in [0.15, 0.2) is 12.4 Å². The fraction of sp³-hybridized carbons (Fsp3) is 0.371. The van der Waals surface area contributed by atoms with E-state index in [1.54, 1.807) is 55.5 Å². The van der Waals surface area contributed by atoms with Gasteiger partial charge in [0.1, 0.15) is 18.1 Å². The molecule has 10 aromatic carbocycles. The number of hydrogen-bond acceptors (Lipinski definition) is 13. The number of carbonyl (C=O) groups excluding carboxylic acids is 6. The van der Waals surface area contributed by atoms with Crippen molar-refractivity contribution in [2.24, 2.45) is 11.1 Å². The number of unbranched alkanes of at least 4 members (excludes halogenated alkanes) is 1. The van der Waals surface area contributed by atoms with Crippen LogP contribution in [0, 0.1) is 5.92 Å². The molecular weight excluding hydrogens is 1660 g/mol. The second-order valence-electron chi connectivity index (χ2n) is 34.2. The first kappa shape index (κ1) is 107. The molecule has 3 aliphatic rings. The first-order valence-electron chi connectivity index (χ1n) is 44.6. The van der Waals surface area contributed by atoms with E-state index in [1.807, 2.05) is 172 Å². The van der Waals surface area contributed by atoms with Crippen LogP contribution in [-0.2, 0) is 52.0 Å². The van der Waals surface area contributed by atoms with Crippen molar-refractivity contribution in [3.05, 3.63) is 292 Å². The molecule has 13 rings (SSSR count). The van der Waals surface area contributed by atoms with E-state index in [-0.39, 0.29) is 52.7 Å². The Morgan fingerprint density at radius 1 is 0.388 bits per heavy atom. The number of Topliss-reactive ketones (excluding diaryl/α,β-unsaturated/α-hetero) is 1. The number of amides is 7. The first-order chi connectivity index (χ1) is 61.1. The number of fused-ring (bicyclic) bond motifs is 3. The summed E-state index contributed by atoms with van der Waals surface area (Å²) in [5.41, 5.74) is 17.2. The molecule has 0 fully saturated rings. The summed E-state index contributed by atoms with van der Waals surface area (Å²) in [7, 11) is -7.06. The molecule has 7 amide bonds. The van der Waals surface area contributed by atoms with Crippen molar-refractivity contribution in [3.8, 4) is 11.5 Å². The van der Waals surface area contributed by atoms with Gasteiger partial charge in [0.05, 0.1) is 28.5 Å². The highest BCUT2D eigenvalue weighted by Gasteiger charge is 2.22. The van der Waals surface area contributed by atoms with Gasteiger partial charge in [-0.15, -0.1) is 0 Å². The lowest BCUT2D eigenvalue weighted by Gasteiger charge is -2.19. The third-order valence-electron chi connectivity index (χ3n) is 20.2. The van der Waals surface area contributed by atoms with Crippen LogP contribution in [0.25, 0.3) is 0 Å². The smallest absolute Gasteiger partial charge is 0.411 e. The van der Waals surface area contributed by atoms with Crippen molar-refractivity contribution in [1.29, 1.82) is 0 Å². The van der Waals surface area contributed by atoms with Crippen molar-refractivity contribution in [3.63, 3.8) is 0 Å². The number of benzene rings is 10. The zero-order chi connectivity index (χ0) is 95.5. The van der Waals surface area contributed by atoms with E-state index >= 15 is 0 Å². The van der Waals surface area contributed by atoms with Crippen LogP contribution >= 0.6 is 0 Å². The Morgan fingerprint density at radius 2 is 0.783 bits per heavy atom. The number of sulfonamides is 2. The van der Waals surface area contributed by atoms with Crippen LogP contribution in [0.1, 0.15) is 268 Å². The number of hydrogen-bond donors (Lipinski definition) is 9. The second-order valence-corrected chi connectivity index (χ2v) is 37.4. The first-order valence-corrected chi connectivity index (χ1v) is 47.6. The number of nitrogens with two attached hydrogens (primary N) is 1. The molecule has 0 unspecified atom stereocenters. The molecule has 0 radical (unpaired) electrons. The average molecular weight is 1800 g/mol. The molecule has 0 aromatic heterocycles. The summed E-state index contributed by atoms with van der Waals surface area (Å²) < 4.78 is 64.3. The zero-order valence-electron chi connectivity index (χ0n) is 79.3. The van der Waals surface area contributed by atoms with Gasteiger partial charge in [-0.1, -0.05) is 278 Å². The van der Waals surface area contributed by atoms with Crippen LogP contribution in [0.2, 0.25) is 0 Å². The summed E-state index contributed by atoms with van der Waals surface area (Å²) in [5.74, 6) is 6.24. The van der Waals surface area contributed by atoms with E-state index in [4.69, 9.17) is 19.3 Å². The molecule has 22 nitrogen and oxygen atoms in total. The lowest BCUT2D eigenvalue weighted by atomic mass is 9.98. The monoisotopic (exact) mass is 1800 g/mol. The van der Waals surface area contributed by atoms with E-state index in [0.717, 1.165) is 73.8 Å². The fourth-order valence-corrected chi connectivity index (χ4v) is 14.1. The van der Waals surface area contributed by atoms with E-state index < -0.39 is 26.1 Å². The summed E-state index contributed by atoms with van der Waals surface area (Å²) in [6, 6.07) is 73.4. The van der Waals surface area contributed by atoms with Crippen LogP contribution in [0.15, 0.2) is 246 Å². The van der Waals surface area contributed by atoms with Crippen LogP contribution in [-0.4, -0.2) is 79.0 Å². The molecule has 0 saturated heterocycles. The van der Waals surface area contributed by atoms with Gasteiger partial charge in [-0.3, -0.25) is 24.4 Å². The third-order valence-corrected chi connectivity index (χ3v) is 22.5. The summed E-state index contributed by atoms with van der Waals surface area (Å²) in [6.45, 7) is 45.6. The number of nitrogens with one attached hydrogen (secondary N) is 8. The molecule has 10 N–H and O–H groups in total. The molecule has 0 saturated carbocycles. The fourth-order valence-electron chi connectivity index (χ4n) is 12.5. The summed E-state index contributed by atoms with van der Waals surface area (Å²) >= 11 is 0. The van der Waals surface area contributed by atoms with Gasteiger partial charge in [-0.2, -0.15) is 0 Å². The van der Waals surface area contributed by atoms with Gasteiger partial charge in [0, 0.05) is 52.7 Å². The van der Waals surface area contributed by atoms with E-state index in [1.165, 1.54) is 58.7 Å². The maximum atomic E-state index is 12.2. The van der Waals surface area contributed by atoms with Gasteiger partial charge < -0.3 is 46.1 Å². The highest BCUT2D eigenvalue weighted by Crippen LogP contribution is 2.33. The van der Waals surface area contributed by atoms with E-state index in [2.05, 4.69) is 190 Å². The predicted octanol–water partition coefficient (Wildman–Crippen LogP) is 25.4. The topological polar surface area (TPSA) is 321 Å². The average Bonchev–Trinajstić information content (AvgIpc) is 1.67. The van der Waals surface area contributed by atoms with E-state index in [0.29, 0.717) is 79.0 Å². The van der Waals surface area contributed by atoms with Crippen molar-refractivity contribution in [1.82, 2.24) is 5.32 Å². The minimum atomic E-state index is -3.56. The normalized spacial score (nSPS) is 12.0. The lowest BCUT2D eigenvalue weighted by Crippen LogP contribution is -2.28. The molecule has 3 heterocycles. The number of rotatable bonds is 21. The third kappa shape index (κ3) is 40.0. The number of urea groups is 2. The number of anilines is 7. The van der Waals surface area contributed by atoms with Gasteiger partial charge in [-0.25, -0.2) is 36.4 Å². The Labute approximate surface area is 768 Å². The molecule has 0 atom stereocenters. The van der Waals surface area contributed by atoms with Crippen molar-refractivity contribution in [2.45, 2.75) is 235 Å². The van der Waals surface area contributed by atoms with Crippen molar-refractivity contribution in [2.75, 3.05) is 63.0 Å². The molecule has 0 bridgehead atoms. The Bertz CT molecular complexity index is 5360. The second kappa shape index (κ2) is 54.9. The van der Waals surface area contributed by atoms with Crippen molar-refractivity contribution >= 4 is 95.6 Å². The van der Waals surface area contributed by atoms with Crippen LogP contribution in [0.3, 0.4) is 0 Å². The highest BCUT2D eigenvalue weighted by atomic mass is 32.2. The number of primary sulfonamides is 1. The number of ketones is 1. The standard InChI is InChI=1S/C16H18N2O.C15H17NO2S.C12H18N2O.C12H17NO2.C12H14O2.C11H13NO2.C11H13NO.C9H13NO2S.C7H16/c1-12(2)13-7-6-10-15(11-13)18-16(19)17-14-8-4-3-5-9-14;1-12(2)13-7-6-8-14(11-13)16-19(17,18)15-9-4-3-5-10-15;1-4-13-12(15)14-11-7-5-6-10(8-11)9(2)3;1-4-15-12(14)13-11-7-5-6-10(8-11)9(2)3;1-8(2)9-3-4-10-5-11(13)7-14-12(10)6-9;1-7(2)8-3-4-10-9(5-8)12-11(13)6-14-10;1-7(2)8-3-4-9-6-11(13)12-10(9)5-8;1-7(2)8-4-3-5-9(6-8)13(10,11)12;1-4-5-6-7(2)3/h3-12H,1-2H3,(H2,17,18,19);3-12,16H,1-2H3;5-9H,4H2,1-3H3,(H2,13,14,15);5-9H,4H2,1-3H3,(H,13,14);3-4,6,8H,5,7H2,1-2H3;3-5,7H,6H2,1-2H3,(H,12,13);3-5,7H,6H2,1-2H3,(H,12,13);3-7H,1-2H3,(H2,10,11,12);7H,4-6H2,1-3H3. The molecule has 0 spiro atoms. The minimum absolute atomic E-state index is 0.0848. The summed E-state index contributed by atoms with van der Waals surface area (Å²) in [5, 5.41) is 24.4. The predicted molar refractivity (Wildman–Crippen MR) is 530 cm³/mol. The Hall–Kier alpha value is -12.1. The SMILES string of the molecule is CC(C)c1ccc2c(c1)NC(=O)C2.CC(C)c1ccc2c(c1)NC(=O)CO2.CC(C)c1ccc2c(c1)OCC(=O)C2.CC(C)c1cccc(NC(=O)Nc2ccccc2)c1.CC(C)c1cccc(NS(=O)(=O)c2ccccc2)c1.CC(C)c1cccc(S(N)(=O)=O)c1.CCCCC(C)C.CCNC(=O)Nc1cccc(C(C)C)c1.CCOC(=O)Nc1cccc(C(C)C)c1. The van der Waals surface area contributed by atoms with Crippen LogP contribution in [0.4, 0.5) is 54.2 Å². The Morgan fingerprint density at radius 3 is 1.26 bits per heavy atom. The molecule has 0 aliphatic carbocycles. The molecule has 10 aromatic rings. The number of para-hydroxylation sites is 1. The Kier molecular flexibility index (Phi) is 45.7. The Balaban J connectivity index is 0.000000259. The molecule has 694 valence electrons. The largest absolute Gasteiger partial charge is 0.486 e. The molecule has 129 heavy (non-hydrogen) atoms. The zero-order valence-corrected chi connectivity index (χ0v) is 80.9. The number of carbonyl (C=O) groups is 6. The highest BCUT2D eigenvalue weighted by molar-refractivity contribution is 7.92. The van der Waals surface area contributed by atoms with Gasteiger partial charge in [0.25, 0.3) is 15.9 Å². The number of ether oxygens (including phenoxy) is 3. The summed E-state index contributed by atoms with van der Waals surface area (Å²) in [4.78, 5) is 68.0. The molecule has 3 aliphatic heterocycles. The molecular formula is C105H139N9O13S2. The minimum Gasteiger partial charge on any atom is -0.486 e. The quantitative estimate of drug-likeness (QED) is 0.0323. The van der Waals surface area contributed by atoms with Crippen LogP contribution < -0.4 is 56.6 Å². The van der Waals surface area contributed by atoms with Gasteiger partial charge in [0.2, 0.25) is 15.9 Å². The van der Waals surface area contributed by atoms with Crippen LogP contribution in [0.5, 0.6) is 11.5 Å². The summed E-state index contributed by atoms with van der Waals surface area (Å²) in [6.07, 6.45) is 4.80. The van der Waals surface area contributed by atoms with Gasteiger partial charge in [-0.05, 0) is 226 Å². The lowest BCUT2D eigenvalue weighted by molar-refractivity contribution is -0.121. The maximum absolute atomic E-state index is 12.2. The molecule has 24 heteroatoms. The van der Waals surface area contributed by atoms with E-state index in [9.17, 15) is 45.6 Å².